The zero-order chi connectivity index (χ0) is 21.1. The normalized spacial score (nSPS) is 19.3. The van der Waals surface area contributed by atoms with Gasteiger partial charge in [0.15, 0.2) is 0 Å². The third-order valence-corrected chi connectivity index (χ3v) is 6.00. The molecule has 0 radical (unpaired) electrons. The summed E-state index contributed by atoms with van der Waals surface area (Å²) in [6.07, 6.45) is 1.12. The van der Waals surface area contributed by atoms with Gasteiger partial charge in [-0.2, -0.15) is 0 Å². The van der Waals surface area contributed by atoms with Crippen molar-refractivity contribution in [3.63, 3.8) is 0 Å². The van der Waals surface area contributed by atoms with Gasteiger partial charge in [-0.25, -0.2) is 8.78 Å². The van der Waals surface area contributed by atoms with Gasteiger partial charge in [0.05, 0.1) is 13.7 Å². The average Bonchev–Trinajstić information content (AvgIpc) is 2.75. The SMILES string of the molecule is COc1cccc(CN2CCOC3(CCN(Cc4ccc(F)cc4F)CC3)C2=O)c1. The van der Waals surface area contributed by atoms with E-state index in [0.29, 0.717) is 57.7 Å². The maximum atomic E-state index is 14.0. The summed E-state index contributed by atoms with van der Waals surface area (Å²) >= 11 is 0. The molecule has 2 aromatic rings. The molecule has 1 spiro atoms. The van der Waals surface area contributed by atoms with E-state index in [4.69, 9.17) is 9.47 Å². The van der Waals surface area contributed by atoms with Gasteiger partial charge < -0.3 is 14.4 Å². The Hall–Kier alpha value is -2.51. The largest absolute Gasteiger partial charge is 0.497 e. The van der Waals surface area contributed by atoms with Gasteiger partial charge in [-0.05, 0) is 36.6 Å². The van der Waals surface area contributed by atoms with Crippen LogP contribution in [0.25, 0.3) is 0 Å². The van der Waals surface area contributed by atoms with Gasteiger partial charge >= 0.3 is 0 Å². The highest BCUT2D eigenvalue weighted by atomic mass is 19.1. The van der Waals surface area contributed by atoms with Gasteiger partial charge in [-0.1, -0.05) is 18.2 Å². The number of carbonyl (C=O) groups excluding carboxylic acids is 1. The Morgan fingerprint density at radius 3 is 2.60 bits per heavy atom. The molecule has 0 aliphatic carbocycles. The third-order valence-electron chi connectivity index (χ3n) is 6.00. The summed E-state index contributed by atoms with van der Waals surface area (Å²) < 4.78 is 38.4. The molecule has 160 valence electrons. The Labute approximate surface area is 175 Å². The first kappa shape index (κ1) is 20.8. The zero-order valence-corrected chi connectivity index (χ0v) is 17.1. The van der Waals surface area contributed by atoms with Crippen LogP contribution in [0.15, 0.2) is 42.5 Å². The number of hydrogen-bond donors (Lipinski definition) is 0. The molecule has 5 nitrogen and oxygen atoms in total. The summed E-state index contributed by atoms with van der Waals surface area (Å²) in [5.41, 5.74) is 0.668. The monoisotopic (exact) mass is 416 g/mol. The number of morpholine rings is 1. The summed E-state index contributed by atoms with van der Waals surface area (Å²) in [4.78, 5) is 17.2. The minimum Gasteiger partial charge on any atom is -0.497 e. The maximum absolute atomic E-state index is 14.0. The first-order chi connectivity index (χ1) is 14.5. The van der Waals surface area contributed by atoms with Gasteiger partial charge in [0.25, 0.3) is 5.91 Å². The smallest absolute Gasteiger partial charge is 0.255 e. The molecular weight excluding hydrogens is 390 g/mol. The molecule has 1 amide bonds. The molecule has 2 heterocycles. The van der Waals surface area contributed by atoms with E-state index in [0.717, 1.165) is 17.4 Å². The van der Waals surface area contributed by atoms with Crippen LogP contribution in [0.4, 0.5) is 8.78 Å². The Morgan fingerprint density at radius 1 is 1.07 bits per heavy atom. The van der Waals surface area contributed by atoms with Gasteiger partial charge in [0.1, 0.15) is 23.0 Å². The van der Waals surface area contributed by atoms with E-state index in [9.17, 15) is 13.6 Å². The summed E-state index contributed by atoms with van der Waals surface area (Å²) in [6, 6.07) is 11.4. The molecule has 0 N–H and O–H groups in total. The molecule has 0 bridgehead atoms. The summed E-state index contributed by atoms with van der Waals surface area (Å²) in [5, 5.41) is 0. The van der Waals surface area contributed by atoms with Gasteiger partial charge in [-0.3, -0.25) is 9.69 Å². The molecule has 7 heteroatoms. The predicted octanol–water partition coefficient (Wildman–Crippen LogP) is 3.37. The minimum atomic E-state index is -0.811. The number of methoxy groups -OCH3 is 1. The minimum absolute atomic E-state index is 0.0178. The molecule has 2 saturated heterocycles. The molecule has 2 aliphatic heterocycles. The van der Waals surface area contributed by atoms with Crippen LogP contribution in [-0.2, 0) is 22.6 Å². The predicted molar refractivity (Wildman–Crippen MR) is 108 cm³/mol. The average molecular weight is 416 g/mol. The van der Waals surface area contributed by atoms with Crippen LogP contribution < -0.4 is 4.74 Å². The van der Waals surface area contributed by atoms with Crippen molar-refractivity contribution in [2.75, 3.05) is 33.4 Å². The van der Waals surface area contributed by atoms with E-state index in [1.165, 1.54) is 12.1 Å². The van der Waals surface area contributed by atoms with Crippen molar-refractivity contribution < 1.29 is 23.0 Å². The van der Waals surface area contributed by atoms with E-state index in [-0.39, 0.29) is 5.91 Å². The van der Waals surface area contributed by atoms with Crippen LogP contribution in [0.3, 0.4) is 0 Å². The Bertz CT molecular complexity index is 913. The van der Waals surface area contributed by atoms with Crippen molar-refractivity contribution in [2.24, 2.45) is 0 Å². The van der Waals surface area contributed by atoms with E-state index < -0.39 is 17.2 Å². The highest BCUT2D eigenvalue weighted by Gasteiger charge is 2.47. The lowest BCUT2D eigenvalue weighted by Crippen LogP contribution is -2.60. The second kappa shape index (κ2) is 8.70. The Morgan fingerprint density at radius 2 is 1.87 bits per heavy atom. The quantitative estimate of drug-likeness (QED) is 0.750. The number of piperidine rings is 1. The summed E-state index contributed by atoms with van der Waals surface area (Å²) in [5.74, 6) is -0.329. The third kappa shape index (κ3) is 4.32. The second-order valence-corrected chi connectivity index (χ2v) is 7.93. The number of ether oxygens (including phenoxy) is 2. The van der Waals surface area contributed by atoms with Crippen molar-refractivity contribution in [3.8, 4) is 5.75 Å². The standard InChI is InChI=1S/C23H26F2N2O3/c1-29-20-4-2-3-17(13-20)15-27-11-12-30-23(22(27)28)7-9-26(10-8-23)16-18-5-6-19(24)14-21(18)25/h2-6,13-14H,7-12,15-16H2,1H3. The molecule has 0 atom stereocenters. The molecule has 2 aromatic carbocycles. The zero-order valence-electron chi connectivity index (χ0n) is 17.1. The van der Waals surface area contributed by atoms with Crippen LogP contribution in [0.2, 0.25) is 0 Å². The summed E-state index contributed by atoms with van der Waals surface area (Å²) in [6.45, 7) is 3.21. The molecule has 0 saturated carbocycles. The number of likely N-dealkylation sites (tertiary alicyclic amines) is 1. The maximum Gasteiger partial charge on any atom is 0.255 e. The van der Waals surface area contributed by atoms with Crippen LogP contribution in [0, 0.1) is 11.6 Å². The van der Waals surface area contributed by atoms with Crippen LogP contribution >= 0.6 is 0 Å². The lowest BCUT2D eigenvalue weighted by Gasteiger charge is -2.46. The number of carbonyl (C=O) groups is 1. The number of benzene rings is 2. The Balaban J connectivity index is 1.39. The first-order valence-electron chi connectivity index (χ1n) is 10.2. The van der Waals surface area contributed by atoms with Crippen molar-refractivity contribution >= 4 is 5.91 Å². The molecule has 2 aliphatic rings. The Kier molecular flexibility index (Phi) is 6.01. The lowest BCUT2D eigenvalue weighted by atomic mass is 9.88. The van der Waals surface area contributed by atoms with E-state index in [1.807, 2.05) is 29.2 Å². The molecule has 0 aromatic heterocycles. The number of hydrogen-bond acceptors (Lipinski definition) is 4. The topological polar surface area (TPSA) is 42.0 Å². The fourth-order valence-electron chi connectivity index (χ4n) is 4.27. The second-order valence-electron chi connectivity index (χ2n) is 7.93. The fraction of sp³-hybridized carbons (Fsp3) is 0.435. The number of halogens is 2. The summed E-state index contributed by atoms with van der Waals surface area (Å²) in [7, 11) is 1.62. The number of amides is 1. The van der Waals surface area contributed by atoms with Crippen LogP contribution in [-0.4, -0.2) is 54.7 Å². The lowest BCUT2D eigenvalue weighted by molar-refractivity contribution is -0.180. The van der Waals surface area contributed by atoms with Crippen molar-refractivity contribution in [1.29, 1.82) is 0 Å². The molecule has 4 rings (SSSR count). The number of rotatable bonds is 5. The molecule has 30 heavy (non-hydrogen) atoms. The van der Waals surface area contributed by atoms with Crippen LogP contribution in [0.1, 0.15) is 24.0 Å². The molecule has 0 unspecified atom stereocenters. The highest BCUT2D eigenvalue weighted by Crippen LogP contribution is 2.33. The van der Waals surface area contributed by atoms with E-state index in [2.05, 4.69) is 4.90 Å². The van der Waals surface area contributed by atoms with Gasteiger partial charge in [-0.15, -0.1) is 0 Å². The van der Waals surface area contributed by atoms with Crippen molar-refractivity contribution in [2.45, 2.75) is 31.5 Å². The van der Waals surface area contributed by atoms with Crippen LogP contribution in [0.5, 0.6) is 5.75 Å². The van der Waals surface area contributed by atoms with Gasteiger partial charge in [0, 0.05) is 44.4 Å². The molecule has 2 fully saturated rings. The fourth-order valence-corrected chi connectivity index (χ4v) is 4.27. The first-order valence-corrected chi connectivity index (χ1v) is 10.2. The number of nitrogens with zero attached hydrogens (tertiary/aromatic N) is 2. The van der Waals surface area contributed by atoms with Crippen molar-refractivity contribution in [1.82, 2.24) is 9.80 Å². The van der Waals surface area contributed by atoms with E-state index >= 15 is 0 Å². The van der Waals surface area contributed by atoms with E-state index in [1.54, 1.807) is 7.11 Å². The molecular formula is C23H26F2N2O3. The van der Waals surface area contributed by atoms with Gasteiger partial charge in [0.2, 0.25) is 0 Å². The highest BCUT2D eigenvalue weighted by molar-refractivity contribution is 5.86. The van der Waals surface area contributed by atoms with Crippen molar-refractivity contribution in [3.05, 3.63) is 65.2 Å².